The van der Waals surface area contributed by atoms with Gasteiger partial charge in [-0.25, -0.2) is 0 Å². The third-order valence-electron chi connectivity index (χ3n) is 5.54. The Bertz CT molecular complexity index is 819. The Morgan fingerprint density at radius 2 is 1.88 bits per heavy atom. The summed E-state index contributed by atoms with van der Waals surface area (Å²) in [4.78, 5) is 29.2. The van der Waals surface area contributed by atoms with Gasteiger partial charge >= 0.3 is 0 Å². The Morgan fingerprint density at radius 3 is 2.62 bits per heavy atom. The molecule has 0 radical (unpaired) electrons. The van der Waals surface area contributed by atoms with Crippen molar-refractivity contribution in [2.75, 3.05) is 26.2 Å². The summed E-state index contributed by atoms with van der Waals surface area (Å²) < 4.78 is 5.22. The first-order chi connectivity index (χ1) is 12.6. The molecule has 1 aromatic carbocycles. The zero-order chi connectivity index (χ0) is 18.1. The lowest BCUT2D eigenvalue weighted by atomic mass is 9.85. The van der Waals surface area contributed by atoms with E-state index in [2.05, 4.69) is 12.1 Å². The molecule has 0 aliphatic carbocycles. The van der Waals surface area contributed by atoms with Gasteiger partial charge in [0.25, 0.3) is 5.91 Å². The van der Waals surface area contributed by atoms with Crippen LogP contribution >= 0.6 is 11.6 Å². The number of likely N-dealkylation sites (tertiary alicyclic amines) is 2. The highest BCUT2D eigenvalue weighted by atomic mass is 35.5. The molecule has 1 spiro atoms. The molecule has 5 nitrogen and oxygen atoms in total. The maximum absolute atomic E-state index is 13.0. The summed E-state index contributed by atoms with van der Waals surface area (Å²) in [5.74, 6) is 0.226. The predicted molar refractivity (Wildman–Crippen MR) is 98.0 cm³/mol. The van der Waals surface area contributed by atoms with Crippen molar-refractivity contribution in [1.82, 2.24) is 9.80 Å². The Balaban J connectivity index is 1.39. The van der Waals surface area contributed by atoms with Crippen LogP contribution in [0.2, 0.25) is 5.22 Å². The fourth-order valence-corrected chi connectivity index (χ4v) is 4.17. The summed E-state index contributed by atoms with van der Waals surface area (Å²) in [6, 6.07) is 13.3. The molecule has 0 N–H and O–H groups in total. The largest absolute Gasteiger partial charge is 0.440 e. The number of carbonyl (C=O) groups is 2. The molecule has 0 saturated carbocycles. The van der Waals surface area contributed by atoms with Gasteiger partial charge in [-0.15, -0.1) is 0 Å². The van der Waals surface area contributed by atoms with Gasteiger partial charge in [0.05, 0.1) is 5.41 Å². The molecule has 136 valence electrons. The second-order valence-corrected chi connectivity index (χ2v) is 7.51. The predicted octanol–water partition coefficient (Wildman–Crippen LogP) is 3.24. The Hall–Kier alpha value is -2.27. The van der Waals surface area contributed by atoms with Gasteiger partial charge in [0.2, 0.25) is 5.91 Å². The van der Waals surface area contributed by atoms with Crippen LogP contribution in [0.3, 0.4) is 0 Å². The first-order valence-corrected chi connectivity index (χ1v) is 9.33. The second kappa shape index (κ2) is 6.80. The van der Waals surface area contributed by atoms with Crippen LogP contribution in [-0.4, -0.2) is 47.8 Å². The SMILES string of the molecule is O=C(c1ccc(Cl)o1)N1CCC2(CCN(CCc3ccccc3)C2=O)C1. The van der Waals surface area contributed by atoms with Crippen molar-refractivity contribution < 1.29 is 14.0 Å². The quantitative estimate of drug-likeness (QED) is 0.827. The number of hydrogen-bond acceptors (Lipinski definition) is 3. The highest BCUT2D eigenvalue weighted by Crippen LogP contribution is 2.41. The van der Waals surface area contributed by atoms with Gasteiger partial charge in [-0.2, -0.15) is 0 Å². The van der Waals surface area contributed by atoms with Gasteiger partial charge in [-0.05, 0) is 48.6 Å². The molecule has 1 unspecified atom stereocenters. The number of halogens is 1. The molecule has 2 aromatic rings. The number of hydrogen-bond donors (Lipinski definition) is 0. The van der Waals surface area contributed by atoms with Crippen molar-refractivity contribution in [1.29, 1.82) is 0 Å². The van der Waals surface area contributed by atoms with Crippen LogP contribution in [0.1, 0.15) is 29.0 Å². The van der Waals surface area contributed by atoms with E-state index in [0.29, 0.717) is 19.5 Å². The third kappa shape index (κ3) is 3.12. The van der Waals surface area contributed by atoms with Crippen molar-refractivity contribution in [3.8, 4) is 0 Å². The van der Waals surface area contributed by atoms with Crippen molar-refractivity contribution >= 4 is 23.4 Å². The first kappa shape index (κ1) is 17.2. The van der Waals surface area contributed by atoms with Crippen molar-refractivity contribution in [2.45, 2.75) is 19.3 Å². The van der Waals surface area contributed by atoms with Crippen molar-refractivity contribution in [3.63, 3.8) is 0 Å². The molecule has 2 fully saturated rings. The Kier molecular flexibility index (Phi) is 4.49. The van der Waals surface area contributed by atoms with Crippen molar-refractivity contribution in [3.05, 3.63) is 59.0 Å². The van der Waals surface area contributed by atoms with Gasteiger partial charge in [-0.3, -0.25) is 9.59 Å². The standard InChI is InChI=1S/C20H21ClN2O3/c21-17-7-6-16(26-17)18(24)23-13-10-20(14-23)9-12-22(19(20)25)11-8-15-4-2-1-3-5-15/h1-7H,8-14H2. The zero-order valence-corrected chi connectivity index (χ0v) is 15.2. The van der Waals surface area contributed by atoms with Gasteiger partial charge in [0, 0.05) is 26.2 Å². The summed E-state index contributed by atoms with van der Waals surface area (Å²) in [5, 5.41) is 0.200. The molecule has 2 aliphatic heterocycles. The van der Waals surface area contributed by atoms with Gasteiger partial charge in [0.1, 0.15) is 0 Å². The molecule has 2 saturated heterocycles. The molecule has 1 atom stereocenters. The van der Waals surface area contributed by atoms with Gasteiger partial charge in [0.15, 0.2) is 11.0 Å². The molecule has 4 rings (SSSR count). The molecular formula is C20H21ClN2O3. The van der Waals surface area contributed by atoms with E-state index < -0.39 is 5.41 Å². The summed E-state index contributed by atoms with van der Waals surface area (Å²) in [6.07, 6.45) is 2.38. The summed E-state index contributed by atoms with van der Waals surface area (Å²) in [7, 11) is 0. The van der Waals surface area contributed by atoms with Crippen LogP contribution in [0.4, 0.5) is 0 Å². The number of amides is 2. The fraction of sp³-hybridized carbons (Fsp3) is 0.400. The van der Waals surface area contributed by atoms with Crippen LogP contribution in [0.5, 0.6) is 0 Å². The van der Waals surface area contributed by atoms with E-state index in [-0.39, 0.29) is 22.8 Å². The number of carbonyl (C=O) groups excluding carboxylic acids is 2. The Labute approximate surface area is 157 Å². The lowest BCUT2D eigenvalue weighted by Crippen LogP contribution is -2.38. The molecule has 2 amide bonds. The minimum absolute atomic E-state index is 0.182. The number of rotatable bonds is 4. The normalized spacial score (nSPS) is 22.6. The van der Waals surface area contributed by atoms with Crippen molar-refractivity contribution in [2.24, 2.45) is 5.41 Å². The van der Waals surface area contributed by atoms with Crippen LogP contribution in [-0.2, 0) is 11.2 Å². The molecule has 1 aromatic heterocycles. The minimum Gasteiger partial charge on any atom is -0.440 e. The number of nitrogens with zero attached hydrogens (tertiary/aromatic N) is 2. The summed E-state index contributed by atoms with van der Waals surface area (Å²) in [5.41, 5.74) is 0.808. The number of furan rings is 1. The van der Waals surface area contributed by atoms with Crippen LogP contribution in [0.25, 0.3) is 0 Å². The molecular weight excluding hydrogens is 352 g/mol. The molecule has 0 bridgehead atoms. The summed E-state index contributed by atoms with van der Waals surface area (Å²) >= 11 is 5.76. The average molecular weight is 373 g/mol. The molecule has 2 aliphatic rings. The highest BCUT2D eigenvalue weighted by Gasteiger charge is 2.51. The maximum Gasteiger partial charge on any atom is 0.289 e. The zero-order valence-electron chi connectivity index (χ0n) is 14.5. The Morgan fingerprint density at radius 1 is 1.12 bits per heavy atom. The van der Waals surface area contributed by atoms with E-state index >= 15 is 0 Å². The highest BCUT2D eigenvalue weighted by molar-refractivity contribution is 6.29. The van der Waals surface area contributed by atoms with Crippen LogP contribution in [0.15, 0.2) is 46.9 Å². The smallest absolute Gasteiger partial charge is 0.289 e. The average Bonchev–Trinajstić information content (AvgIpc) is 3.36. The third-order valence-corrected chi connectivity index (χ3v) is 5.74. The van der Waals surface area contributed by atoms with E-state index in [1.807, 2.05) is 23.1 Å². The van der Waals surface area contributed by atoms with E-state index in [9.17, 15) is 9.59 Å². The monoisotopic (exact) mass is 372 g/mol. The van der Waals surface area contributed by atoms with E-state index in [1.54, 1.807) is 17.0 Å². The summed E-state index contributed by atoms with van der Waals surface area (Å²) in [6.45, 7) is 2.53. The van der Waals surface area contributed by atoms with Gasteiger partial charge in [-0.1, -0.05) is 30.3 Å². The van der Waals surface area contributed by atoms with Crippen LogP contribution < -0.4 is 0 Å². The molecule has 26 heavy (non-hydrogen) atoms. The second-order valence-electron chi connectivity index (χ2n) is 7.14. The maximum atomic E-state index is 13.0. The van der Waals surface area contributed by atoms with E-state index in [0.717, 1.165) is 25.9 Å². The first-order valence-electron chi connectivity index (χ1n) is 8.95. The molecule has 3 heterocycles. The van der Waals surface area contributed by atoms with E-state index in [1.165, 1.54) is 5.56 Å². The van der Waals surface area contributed by atoms with Gasteiger partial charge < -0.3 is 14.2 Å². The minimum atomic E-state index is -0.428. The fourth-order valence-electron chi connectivity index (χ4n) is 4.02. The van der Waals surface area contributed by atoms with Crippen LogP contribution in [0, 0.1) is 5.41 Å². The lowest BCUT2D eigenvalue weighted by Gasteiger charge is -2.23. The van der Waals surface area contributed by atoms with E-state index in [4.69, 9.17) is 16.0 Å². The number of benzene rings is 1. The topological polar surface area (TPSA) is 53.8 Å². The molecule has 6 heteroatoms. The lowest BCUT2D eigenvalue weighted by molar-refractivity contribution is -0.135.